The van der Waals surface area contributed by atoms with E-state index in [1.54, 1.807) is 6.20 Å². The van der Waals surface area contributed by atoms with Crippen molar-refractivity contribution in [2.45, 2.75) is 45.6 Å². The van der Waals surface area contributed by atoms with Crippen molar-refractivity contribution >= 4 is 17.6 Å². The zero-order valence-electron chi connectivity index (χ0n) is 17.3. The number of aromatic amines is 1. The summed E-state index contributed by atoms with van der Waals surface area (Å²) in [5.41, 5.74) is 5.85. The summed E-state index contributed by atoms with van der Waals surface area (Å²) in [5, 5.41) is 5.58. The number of ketones is 1. The molecule has 3 N–H and O–H groups in total. The van der Waals surface area contributed by atoms with E-state index in [2.05, 4.69) is 32.7 Å². The number of nitrogens with one attached hydrogen (secondary N) is 3. The zero-order valence-corrected chi connectivity index (χ0v) is 17.3. The van der Waals surface area contributed by atoms with Gasteiger partial charge in [0.2, 0.25) is 0 Å². The van der Waals surface area contributed by atoms with Gasteiger partial charge in [-0.3, -0.25) is 10.1 Å². The van der Waals surface area contributed by atoms with E-state index in [4.69, 9.17) is 0 Å². The maximum atomic E-state index is 12.8. The summed E-state index contributed by atoms with van der Waals surface area (Å²) in [4.78, 5) is 32.6. The van der Waals surface area contributed by atoms with E-state index in [9.17, 15) is 9.59 Å². The Morgan fingerprint density at radius 3 is 2.73 bits per heavy atom. The largest absolute Gasteiger partial charge is 0.358 e. The average Bonchev–Trinajstić information content (AvgIpc) is 3.08. The number of aromatic nitrogens is 2. The van der Waals surface area contributed by atoms with Crippen LogP contribution in [0.15, 0.2) is 48.7 Å². The van der Waals surface area contributed by atoms with Crippen LogP contribution in [0.1, 0.15) is 53.9 Å². The Morgan fingerprint density at radius 2 is 1.97 bits per heavy atom. The monoisotopic (exact) mass is 402 g/mol. The zero-order chi connectivity index (χ0) is 21.1. The van der Waals surface area contributed by atoms with Gasteiger partial charge >= 0.3 is 6.03 Å². The highest BCUT2D eigenvalue weighted by molar-refractivity contribution is 6.01. The third kappa shape index (κ3) is 4.27. The number of rotatable bonds is 5. The fourth-order valence-electron chi connectivity index (χ4n) is 3.96. The van der Waals surface area contributed by atoms with Crippen LogP contribution in [0, 0.1) is 0 Å². The maximum Gasteiger partial charge on any atom is 0.320 e. The Morgan fingerprint density at radius 1 is 1.17 bits per heavy atom. The lowest BCUT2D eigenvalue weighted by Gasteiger charge is -2.12. The van der Waals surface area contributed by atoms with Crippen LogP contribution in [0.3, 0.4) is 0 Å². The number of benzene rings is 1. The maximum absolute atomic E-state index is 12.8. The quantitative estimate of drug-likeness (QED) is 0.577. The SMILES string of the molecule is CC(C)NC(=O)Nc1cc(-c2[nH]c3c(c2Cc2ccccc2)C(=O)CCC3)ccn1. The number of Topliss-reactive ketones (excluding diaryl/α,β-unsaturated/α-hetero) is 1. The molecule has 6 nitrogen and oxygen atoms in total. The van der Waals surface area contributed by atoms with Gasteiger partial charge in [0.15, 0.2) is 5.78 Å². The van der Waals surface area contributed by atoms with Gasteiger partial charge in [-0.25, -0.2) is 9.78 Å². The molecule has 0 bridgehead atoms. The van der Waals surface area contributed by atoms with Gasteiger partial charge < -0.3 is 10.3 Å². The molecule has 6 heteroatoms. The summed E-state index contributed by atoms with van der Waals surface area (Å²) in [6, 6.07) is 13.7. The highest BCUT2D eigenvalue weighted by atomic mass is 16.2. The molecule has 0 fully saturated rings. The van der Waals surface area contributed by atoms with Crippen LogP contribution in [0.4, 0.5) is 10.6 Å². The van der Waals surface area contributed by atoms with Gasteiger partial charge in [-0.05, 0) is 49.9 Å². The fraction of sp³-hybridized carbons (Fsp3) is 0.292. The normalized spacial score (nSPS) is 13.2. The van der Waals surface area contributed by atoms with Crippen LogP contribution in [0.25, 0.3) is 11.3 Å². The number of hydrogen-bond donors (Lipinski definition) is 3. The van der Waals surface area contributed by atoms with E-state index in [-0.39, 0.29) is 17.9 Å². The number of amides is 2. The van der Waals surface area contributed by atoms with Crippen molar-refractivity contribution in [3.63, 3.8) is 0 Å². The van der Waals surface area contributed by atoms with Gasteiger partial charge in [-0.2, -0.15) is 0 Å². The number of pyridine rings is 1. The number of urea groups is 1. The van der Waals surface area contributed by atoms with Crippen molar-refractivity contribution in [2.75, 3.05) is 5.32 Å². The van der Waals surface area contributed by atoms with Gasteiger partial charge in [-0.1, -0.05) is 30.3 Å². The fourth-order valence-corrected chi connectivity index (χ4v) is 3.96. The number of carbonyl (C=O) groups is 2. The van der Waals surface area contributed by atoms with Gasteiger partial charge in [-0.15, -0.1) is 0 Å². The van der Waals surface area contributed by atoms with E-state index in [0.717, 1.165) is 46.5 Å². The number of H-pyrrole nitrogens is 1. The first kappa shape index (κ1) is 19.9. The highest BCUT2D eigenvalue weighted by Gasteiger charge is 2.26. The summed E-state index contributed by atoms with van der Waals surface area (Å²) in [7, 11) is 0. The summed E-state index contributed by atoms with van der Waals surface area (Å²) in [5.74, 6) is 0.670. The Kier molecular flexibility index (Phi) is 5.65. The molecule has 0 saturated carbocycles. The summed E-state index contributed by atoms with van der Waals surface area (Å²) in [6.07, 6.45) is 4.68. The summed E-state index contributed by atoms with van der Waals surface area (Å²) >= 11 is 0. The number of fused-ring (bicyclic) bond motifs is 1. The van der Waals surface area contributed by atoms with E-state index in [1.165, 1.54) is 0 Å². The molecule has 0 radical (unpaired) electrons. The molecule has 1 aliphatic carbocycles. The topological polar surface area (TPSA) is 86.9 Å². The molecule has 3 aromatic rings. The van der Waals surface area contributed by atoms with Crippen molar-refractivity contribution in [2.24, 2.45) is 0 Å². The van der Waals surface area contributed by atoms with Crippen LogP contribution in [-0.4, -0.2) is 27.8 Å². The minimum atomic E-state index is -0.292. The van der Waals surface area contributed by atoms with Gasteiger partial charge in [0.25, 0.3) is 0 Å². The van der Waals surface area contributed by atoms with Crippen molar-refractivity contribution in [1.82, 2.24) is 15.3 Å². The average molecular weight is 402 g/mol. The molecule has 0 aliphatic heterocycles. The molecule has 1 aliphatic rings. The van der Waals surface area contributed by atoms with Crippen LogP contribution in [0.5, 0.6) is 0 Å². The molecular weight excluding hydrogens is 376 g/mol. The third-order valence-electron chi connectivity index (χ3n) is 5.22. The minimum absolute atomic E-state index is 0.0341. The highest BCUT2D eigenvalue weighted by Crippen LogP contribution is 2.35. The number of carbonyl (C=O) groups excluding carboxylic acids is 2. The van der Waals surface area contributed by atoms with E-state index in [0.29, 0.717) is 18.7 Å². The molecule has 0 saturated heterocycles. The predicted molar refractivity (Wildman–Crippen MR) is 118 cm³/mol. The molecule has 154 valence electrons. The third-order valence-corrected chi connectivity index (χ3v) is 5.22. The minimum Gasteiger partial charge on any atom is -0.358 e. The van der Waals surface area contributed by atoms with Gasteiger partial charge in [0, 0.05) is 41.9 Å². The Labute approximate surface area is 176 Å². The van der Waals surface area contributed by atoms with Crippen molar-refractivity contribution in [3.8, 4) is 11.3 Å². The second-order valence-electron chi connectivity index (χ2n) is 7.95. The smallest absolute Gasteiger partial charge is 0.320 e. The number of anilines is 1. The second-order valence-corrected chi connectivity index (χ2v) is 7.95. The van der Waals surface area contributed by atoms with Crippen LogP contribution < -0.4 is 10.6 Å². The molecular formula is C24H26N4O2. The van der Waals surface area contributed by atoms with Crippen molar-refractivity contribution < 1.29 is 9.59 Å². The number of nitrogens with zero attached hydrogens (tertiary/aromatic N) is 1. The summed E-state index contributed by atoms with van der Waals surface area (Å²) in [6.45, 7) is 3.81. The first-order valence-electron chi connectivity index (χ1n) is 10.4. The molecule has 0 unspecified atom stereocenters. The Bertz CT molecular complexity index is 1070. The molecule has 0 spiro atoms. The van der Waals surface area contributed by atoms with Crippen molar-refractivity contribution in [1.29, 1.82) is 0 Å². The molecule has 4 rings (SSSR count). The summed E-state index contributed by atoms with van der Waals surface area (Å²) < 4.78 is 0. The van der Waals surface area contributed by atoms with Crippen LogP contribution in [-0.2, 0) is 12.8 Å². The number of hydrogen-bond acceptors (Lipinski definition) is 3. The van der Waals surface area contributed by atoms with Crippen LogP contribution in [0.2, 0.25) is 0 Å². The van der Waals surface area contributed by atoms with E-state index >= 15 is 0 Å². The molecule has 0 atom stereocenters. The Balaban J connectivity index is 1.73. The lowest BCUT2D eigenvalue weighted by molar-refractivity contribution is 0.0971. The lowest BCUT2D eigenvalue weighted by Crippen LogP contribution is -2.34. The standard InChI is InChI=1S/C24H26N4O2/c1-15(2)26-24(30)28-21-14-17(11-12-25-21)23-18(13-16-7-4-3-5-8-16)22-19(27-23)9-6-10-20(22)29/h3-5,7-8,11-12,14-15,27H,6,9-10,13H2,1-2H3,(H2,25,26,28,30). The molecule has 1 aromatic carbocycles. The van der Waals surface area contributed by atoms with Crippen LogP contribution >= 0.6 is 0 Å². The second kappa shape index (κ2) is 8.53. The van der Waals surface area contributed by atoms with Gasteiger partial charge in [0.1, 0.15) is 5.82 Å². The molecule has 2 aromatic heterocycles. The van der Waals surface area contributed by atoms with Gasteiger partial charge in [0.05, 0.1) is 5.69 Å². The molecule has 30 heavy (non-hydrogen) atoms. The Hall–Kier alpha value is -3.41. The van der Waals surface area contributed by atoms with E-state index < -0.39 is 0 Å². The predicted octanol–water partition coefficient (Wildman–Crippen LogP) is 4.72. The molecule has 2 amide bonds. The number of aryl methyl sites for hydroxylation is 1. The first-order chi connectivity index (χ1) is 14.5. The van der Waals surface area contributed by atoms with Crippen molar-refractivity contribution in [3.05, 3.63) is 71.0 Å². The first-order valence-corrected chi connectivity index (χ1v) is 10.4. The van der Waals surface area contributed by atoms with E-state index in [1.807, 2.05) is 44.2 Å². The lowest BCUT2D eigenvalue weighted by atomic mass is 9.90. The molecule has 2 heterocycles.